The van der Waals surface area contributed by atoms with Gasteiger partial charge in [0.15, 0.2) is 5.82 Å². The minimum atomic E-state index is -4.56. The van der Waals surface area contributed by atoms with Crippen molar-refractivity contribution in [2.45, 2.75) is 6.18 Å². The van der Waals surface area contributed by atoms with Crippen LogP contribution in [0.15, 0.2) is 42.5 Å². The van der Waals surface area contributed by atoms with Gasteiger partial charge in [0.05, 0.1) is 16.3 Å². The average Bonchev–Trinajstić information content (AvgIpc) is 2.43. The lowest BCUT2D eigenvalue weighted by Gasteiger charge is -2.10. The Morgan fingerprint density at radius 2 is 1.76 bits per heavy atom. The van der Waals surface area contributed by atoms with Crippen molar-refractivity contribution in [3.8, 4) is 0 Å². The molecule has 110 valence electrons. The molecular weight excluding hydrogens is 310 g/mol. The van der Waals surface area contributed by atoms with E-state index in [2.05, 4.69) is 5.32 Å². The molecule has 1 N–H and O–H groups in total. The summed E-state index contributed by atoms with van der Waals surface area (Å²) in [6.45, 7) is 0. The van der Waals surface area contributed by atoms with Crippen LogP contribution in [-0.4, -0.2) is 5.91 Å². The third-order valence-corrected chi connectivity index (χ3v) is 2.94. The summed E-state index contributed by atoms with van der Waals surface area (Å²) in [6, 6.07) is 7.80. The van der Waals surface area contributed by atoms with Gasteiger partial charge in [-0.15, -0.1) is 0 Å². The molecule has 21 heavy (non-hydrogen) atoms. The SMILES string of the molecule is O=C(Nc1cccc(Cl)c1F)c1cccc(C(F)(F)F)c1. The molecule has 0 heterocycles. The van der Waals surface area contributed by atoms with E-state index in [-0.39, 0.29) is 16.3 Å². The van der Waals surface area contributed by atoms with Gasteiger partial charge in [0.25, 0.3) is 5.91 Å². The smallest absolute Gasteiger partial charge is 0.319 e. The van der Waals surface area contributed by atoms with Crippen LogP contribution in [0, 0.1) is 5.82 Å². The van der Waals surface area contributed by atoms with E-state index in [1.807, 2.05) is 0 Å². The van der Waals surface area contributed by atoms with E-state index in [4.69, 9.17) is 11.6 Å². The van der Waals surface area contributed by atoms with Crippen LogP contribution in [0.4, 0.5) is 23.2 Å². The third-order valence-electron chi connectivity index (χ3n) is 2.65. The lowest BCUT2D eigenvalue weighted by molar-refractivity contribution is -0.137. The molecular formula is C14H8ClF4NO. The maximum Gasteiger partial charge on any atom is 0.416 e. The van der Waals surface area contributed by atoms with Gasteiger partial charge in [-0.05, 0) is 30.3 Å². The highest BCUT2D eigenvalue weighted by Gasteiger charge is 2.30. The minimum Gasteiger partial charge on any atom is -0.319 e. The zero-order chi connectivity index (χ0) is 15.6. The van der Waals surface area contributed by atoms with Gasteiger partial charge in [0, 0.05) is 5.56 Å². The van der Waals surface area contributed by atoms with Crippen LogP contribution < -0.4 is 5.32 Å². The molecule has 2 aromatic carbocycles. The fraction of sp³-hybridized carbons (Fsp3) is 0.0714. The molecule has 0 unspecified atom stereocenters. The average molecular weight is 318 g/mol. The molecule has 1 amide bonds. The molecule has 0 saturated carbocycles. The molecule has 0 spiro atoms. The molecule has 0 aliphatic carbocycles. The van der Waals surface area contributed by atoms with Crippen molar-refractivity contribution < 1.29 is 22.4 Å². The fourth-order valence-electron chi connectivity index (χ4n) is 1.63. The first-order chi connectivity index (χ1) is 9.79. The predicted octanol–water partition coefficient (Wildman–Crippen LogP) is 4.75. The molecule has 0 aliphatic heterocycles. The molecule has 0 aromatic heterocycles. The molecule has 0 radical (unpaired) electrons. The number of rotatable bonds is 2. The van der Waals surface area contributed by atoms with E-state index in [0.717, 1.165) is 12.1 Å². The van der Waals surface area contributed by atoms with Crippen LogP contribution in [-0.2, 0) is 6.18 Å². The summed E-state index contributed by atoms with van der Waals surface area (Å²) < 4.78 is 51.3. The molecule has 0 atom stereocenters. The van der Waals surface area contributed by atoms with Crippen LogP contribution in [0.25, 0.3) is 0 Å². The zero-order valence-corrected chi connectivity index (χ0v) is 11.1. The number of amides is 1. The van der Waals surface area contributed by atoms with Gasteiger partial charge in [0.1, 0.15) is 0 Å². The van der Waals surface area contributed by atoms with Crippen LogP contribution in [0.5, 0.6) is 0 Å². The van der Waals surface area contributed by atoms with Crippen molar-refractivity contribution in [2.75, 3.05) is 5.32 Å². The van der Waals surface area contributed by atoms with Crippen molar-refractivity contribution in [1.29, 1.82) is 0 Å². The standard InChI is InChI=1S/C14H8ClF4NO/c15-10-5-2-6-11(12(10)16)20-13(21)8-3-1-4-9(7-8)14(17,18)19/h1-7H,(H,20,21). The van der Waals surface area contributed by atoms with Crippen molar-refractivity contribution in [2.24, 2.45) is 0 Å². The Morgan fingerprint density at radius 1 is 1.10 bits per heavy atom. The highest BCUT2D eigenvalue weighted by Crippen LogP contribution is 2.30. The lowest BCUT2D eigenvalue weighted by atomic mass is 10.1. The van der Waals surface area contributed by atoms with E-state index in [1.54, 1.807) is 0 Å². The molecule has 2 aromatic rings. The molecule has 7 heteroatoms. The number of benzene rings is 2. The Hall–Kier alpha value is -2.08. The molecule has 0 bridgehead atoms. The first-order valence-corrected chi connectivity index (χ1v) is 6.09. The maximum absolute atomic E-state index is 13.6. The quantitative estimate of drug-likeness (QED) is 0.796. The Labute approximate surface area is 122 Å². The van der Waals surface area contributed by atoms with Gasteiger partial charge < -0.3 is 5.32 Å². The Balaban J connectivity index is 2.27. The zero-order valence-electron chi connectivity index (χ0n) is 10.3. The molecule has 0 aliphatic rings. The second-order valence-electron chi connectivity index (χ2n) is 4.13. The summed E-state index contributed by atoms with van der Waals surface area (Å²) in [5, 5.41) is 1.98. The van der Waals surface area contributed by atoms with Crippen LogP contribution in [0.3, 0.4) is 0 Å². The Kier molecular flexibility index (Phi) is 4.18. The number of anilines is 1. The first kappa shape index (κ1) is 15.3. The van der Waals surface area contributed by atoms with Gasteiger partial charge in [-0.3, -0.25) is 4.79 Å². The molecule has 0 saturated heterocycles. The largest absolute Gasteiger partial charge is 0.416 e. The normalized spacial score (nSPS) is 11.3. The van der Waals surface area contributed by atoms with Crippen LogP contribution in [0.1, 0.15) is 15.9 Å². The molecule has 2 nitrogen and oxygen atoms in total. The predicted molar refractivity (Wildman–Crippen MR) is 70.8 cm³/mol. The van der Waals surface area contributed by atoms with Gasteiger partial charge in [-0.2, -0.15) is 13.2 Å². The number of halogens is 5. The summed E-state index contributed by atoms with van der Waals surface area (Å²) in [6.07, 6.45) is -4.56. The van der Waals surface area contributed by atoms with Crippen molar-refractivity contribution in [3.05, 3.63) is 64.4 Å². The highest BCUT2D eigenvalue weighted by molar-refractivity contribution is 6.31. The number of hydrogen-bond acceptors (Lipinski definition) is 1. The van der Waals surface area contributed by atoms with E-state index in [9.17, 15) is 22.4 Å². The number of carbonyl (C=O) groups is 1. The second kappa shape index (κ2) is 5.73. The summed E-state index contributed by atoms with van der Waals surface area (Å²) in [4.78, 5) is 11.9. The van der Waals surface area contributed by atoms with Crippen LogP contribution >= 0.6 is 11.6 Å². The van der Waals surface area contributed by atoms with E-state index >= 15 is 0 Å². The lowest BCUT2D eigenvalue weighted by Crippen LogP contribution is -2.14. The molecule has 2 rings (SSSR count). The number of carbonyl (C=O) groups excluding carboxylic acids is 1. The number of alkyl halides is 3. The summed E-state index contributed by atoms with van der Waals surface area (Å²) in [5.41, 5.74) is -1.39. The van der Waals surface area contributed by atoms with Crippen molar-refractivity contribution in [1.82, 2.24) is 0 Å². The van der Waals surface area contributed by atoms with Crippen LogP contribution in [0.2, 0.25) is 5.02 Å². The Morgan fingerprint density at radius 3 is 2.43 bits per heavy atom. The maximum atomic E-state index is 13.6. The number of hydrogen-bond donors (Lipinski definition) is 1. The Bertz CT molecular complexity index is 685. The third kappa shape index (κ3) is 3.52. The monoisotopic (exact) mass is 317 g/mol. The van der Waals surface area contributed by atoms with Gasteiger partial charge in [-0.25, -0.2) is 4.39 Å². The van der Waals surface area contributed by atoms with Gasteiger partial charge in [0.2, 0.25) is 0 Å². The van der Waals surface area contributed by atoms with E-state index < -0.39 is 23.5 Å². The second-order valence-corrected chi connectivity index (χ2v) is 4.54. The van der Waals surface area contributed by atoms with E-state index in [0.29, 0.717) is 6.07 Å². The van der Waals surface area contributed by atoms with Gasteiger partial charge >= 0.3 is 6.18 Å². The summed E-state index contributed by atoms with van der Waals surface area (Å²) in [5.74, 6) is -1.71. The summed E-state index contributed by atoms with van der Waals surface area (Å²) in [7, 11) is 0. The fourth-order valence-corrected chi connectivity index (χ4v) is 1.81. The first-order valence-electron chi connectivity index (χ1n) is 5.71. The number of nitrogens with one attached hydrogen (secondary N) is 1. The summed E-state index contributed by atoms with van der Waals surface area (Å²) >= 11 is 5.55. The minimum absolute atomic E-state index is 0.197. The molecule has 0 fully saturated rings. The topological polar surface area (TPSA) is 29.1 Å². The highest BCUT2D eigenvalue weighted by atomic mass is 35.5. The van der Waals surface area contributed by atoms with Gasteiger partial charge in [-0.1, -0.05) is 23.7 Å². The van der Waals surface area contributed by atoms with Crippen molar-refractivity contribution in [3.63, 3.8) is 0 Å². The van der Waals surface area contributed by atoms with Crippen molar-refractivity contribution >= 4 is 23.2 Å². The van der Waals surface area contributed by atoms with E-state index in [1.165, 1.54) is 24.3 Å².